The summed E-state index contributed by atoms with van der Waals surface area (Å²) in [6.07, 6.45) is 5.50. The zero-order chi connectivity index (χ0) is 31.0. The number of hydrogen-bond donors (Lipinski definition) is 0. The molecule has 5 aromatic heterocycles. The minimum atomic E-state index is 0.224. The summed E-state index contributed by atoms with van der Waals surface area (Å²) in [5, 5.41) is 1.27. The maximum Gasteiger partial charge on any atom is 0.164 e. The first-order valence-electron chi connectivity index (χ1n) is 15.3. The van der Waals surface area contributed by atoms with E-state index in [4.69, 9.17) is 19.9 Å². The second-order valence-electron chi connectivity index (χ2n) is 11.3. The Morgan fingerprint density at radius 1 is 0.565 bits per heavy atom. The molecule has 46 heavy (non-hydrogen) atoms. The van der Waals surface area contributed by atoms with Gasteiger partial charge in [0.15, 0.2) is 11.3 Å². The molecule has 2 unspecified atom stereocenters. The predicted molar refractivity (Wildman–Crippen MR) is 187 cm³/mol. The van der Waals surface area contributed by atoms with Gasteiger partial charge < -0.3 is 0 Å². The number of nitrogens with zero attached hydrogens (tertiary/aromatic N) is 7. The first-order valence-corrected chi connectivity index (χ1v) is 16.3. The van der Waals surface area contributed by atoms with Crippen molar-refractivity contribution >= 4 is 36.2 Å². The van der Waals surface area contributed by atoms with Gasteiger partial charge in [-0.05, 0) is 90.6 Å². The standard InChI is InChI=1S/C38H30N7P/c1-25-34(18-11-19-39-25)46-26(2)27-22-28(35-42-32-16-9-20-40-37(32)44(35)30-12-5-3-6-13-30)24-29(23-27)36-43-33-17-10-21-41-38(33)45(36)31-14-7-4-8-15-31/h3-24,26,46H,1-2H3. The van der Waals surface area contributed by atoms with Crippen molar-refractivity contribution in [2.75, 3.05) is 0 Å². The van der Waals surface area contributed by atoms with Crippen LogP contribution in [0, 0.1) is 6.92 Å². The molecule has 0 saturated heterocycles. The van der Waals surface area contributed by atoms with Crippen molar-refractivity contribution < 1.29 is 0 Å². The van der Waals surface area contributed by atoms with E-state index in [1.807, 2.05) is 85.3 Å². The van der Waals surface area contributed by atoms with Gasteiger partial charge in [-0.1, -0.05) is 58.0 Å². The van der Waals surface area contributed by atoms with Crippen LogP contribution in [0.2, 0.25) is 0 Å². The van der Waals surface area contributed by atoms with E-state index in [0.29, 0.717) is 8.58 Å². The Balaban J connectivity index is 1.39. The Morgan fingerprint density at radius 2 is 1.07 bits per heavy atom. The van der Waals surface area contributed by atoms with Gasteiger partial charge in [-0.2, -0.15) is 0 Å². The molecule has 5 heterocycles. The van der Waals surface area contributed by atoms with Gasteiger partial charge >= 0.3 is 0 Å². The number of pyridine rings is 3. The fourth-order valence-electron chi connectivity index (χ4n) is 5.97. The highest BCUT2D eigenvalue weighted by molar-refractivity contribution is 7.47. The molecule has 2 atom stereocenters. The van der Waals surface area contributed by atoms with Crippen LogP contribution in [0.3, 0.4) is 0 Å². The lowest BCUT2D eigenvalue weighted by Gasteiger charge is -2.18. The van der Waals surface area contributed by atoms with Gasteiger partial charge in [0.05, 0.1) is 0 Å². The van der Waals surface area contributed by atoms with Crippen LogP contribution in [-0.2, 0) is 0 Å². The van der Waals surface area contributed by atoms with E-state index in [1.54, 1.807) is 0 Å². The van der Waals surface area contributed by atoms with Gasteiger partial charge in [-0.15, -0.1) is 0 Å². The normalized spacial score (nSPS) is 12.4. The molecule has 0 aliphatic rings. The van der Waals surface area contributed by atoms with Crippen molar-refractivity contribution in [2.45, 2.75) is 19.5 Å². The zero-order valence-corrected chi connectivity index (χ0v) is 26.4. The van der Waals surface area contributed by atoms with E-state index < -0.39 is 0 Å². The van der Waals surface area contributed by atoms with Crippen LogP contribution in [0.1, 0.15) is 23.8 Å². The summed E-state index contributed by atoms with van der Waals surface area (Å²) in [5.74, 6) is 1.66. The summed E-state index contributed by atoms with van der Waals surface area (Å²) < 4.78 is 4.30. The van der Waals surface area contributed by atoms with Crippen molar-refractivity contribution in [3.05, 3.63) is 145 Å². The molecule has 7 nitrogen and oxygen atoms in total. The van der Waals surface area contributed by atoms with E-state index >= 15 is 0 Å². The van der Waals surface area contributed by atoms with Crippen LogP contribution < -0.4 is 5.30 Å². The fraction of sp³-hybridized carbons (Fsp3) is 0.0789. The Labute approximate surface area is 268 Å². The quantitative estimate of drug-likeness (QED) is 0.169. The summed E-state index contributed by atoms with van der Waals surface area (Å²) in [5.41, 5.74) is 9.81. The number of para-hydroxylation sites is 2. The van der Waals surface area contributed by atoms with Gasteiger partial charge in [-0.25, -0.2) is 19.9 Å². The van der Waals surface area contributed by atoms with Crippen LogP contribution in [0.25, 0.3) is 56.5 Å². The lowest BCUT2D eigenvalue weighted by atomic mass is 10.0. The first-order chi connectivity index (χ1) is 22.6. The fourth-order valence-corrected chi connectivity index (χ4v) is 7.23. The Bertz CT molecular complexity index is 2190. The Kier molecular flexibility index (Phi) is 7.16. The Morgan fingerprint density at radius 3 is 1.59 bits per heavy atom. The van der Waals surface area contributed by atoms with Crippen molar-refractivity contribution in [2.24, 2.45) is 0 Å². The largest absolute Gasteiger partial charge is 0.277 e. The highest BCUT2D eigenvalue weighted by Crippen LogP contribution is 2.40. The summed E-state index contributed by atoms with van der Waals surface area (Å²) in [4.78, 5) is 24.4. The monoisotopic (exact) mass is 615 g/mol. The molecule has 0 N–H and O–H groups in total. The number of aryl methyl sites for hydroxylation is 1. The van der Waals surface area contributed by atoms with E-state index in [9.17, 15) is 0 Å². The number of fused-ring (bicyclic) bond motifs is 2. The minimum Gasteiger partial charge on any atom is -0.277 e. The summed E-state index contributed by atoms with van der Waals surface area (Å²) in [6.45, 7) is 4.37. The molecular weight excluding hydrogens is 585 g/mol. The molecule has 3 aromatic carbocycles. The second kappa shape index (κ2) is 11.8. The molecule has 0 aliphatic heterocycles. The predicted octanol–water partition coefficient (Wildman–Crippen LogP) is 8.26. The smallest absolute Gasteiger partial charge is 0.164 e. The van der Waals surface area contributed by atoms with Crippen molar-refractivity contribution in [1.82, 2.24) is 34.1 Å². The lowest BCUT2D eigenvalue weighted by molar-refractivity contribution is 1.05. The molecule has 0 spiro atoms. The molecule has 8 heteroatoms. The van der Waals surface area contributed by atoms with Gasteiger partial charge in [0.1, 0.15) is 22.7 Å². The molecule has 0 amide bonds. The lowest BCUT2D eigenvalue weighted by Crippen LogP contribution is -2.05. The molecule has 0 aliphatic carbocycles. The van der Waals surface area contributed by atoms with E-state index in [1.165, 1.54) is 10.9 Å². The van der Waals surface area contributed by atoms with E-state index in [0.717, 1.165) is 62.2 Å². The van der Waals surface area contributed by atoms with Crippen LogP contribution in [-0.4, -0.2) is 34.1 Å². The minimum absolute atomic E-state index is 0.224. The molecular formula is C38H30N7P. The molecule has 222 valence electrons. The number of benzene rings is 3. The topological polar surface area (TPSA) is 74.3 Å². The number of aromatic nitrogens is 7. The maximum atomic E-state index is 5.17. The summed E-state index contributed by atoms with van der Waals surface area (Å²) >= 11 is 0. The van der Waals surface area contributed by atoms with Gasteiger partial charge in [0.2, 0.25) is 0 Å². The van der Waals surface area contributed by atoms with Crippen molar-refractivity contribution in [3.8, 4) is 34.2 Å². The van der Waals surface area contributed by atoms with E-state index in [2.05, 4.69) is 76.5 Å². The third-order valence-corrected chi connectivity index (χ3v) is 9.82. The number of imidazole rings is 2. The molecule has 8 rings (SSSR count). The van der Waals surface area contributed by atoms with Crippen LogP contribution >= 0.6 is 8.58 Å². The van der Waals surface area contributed by atoms with Crippen LogP contribution in [0.4, 0.5) is 0 Å². The SMILES string of the molecule is Cc1ncccc1PC(C)c1cc(-c2nc3cccnc3n2-c2ccccc2)cc(-c2nc3cccnc3n2-c2ccccc2)c1. The molecule has 0 bridgehead atoms. The zero-order valence-electron chi connectivity index (χ0n) is 25.4. The average molecular weight is 616 g/mol. The van der Waals surface area contributed by atoms with Crippen LogP contribution in [0.5, 0.6) is 0 Å². The summed E-state index contributed by atoms with van der Waals surface area (Å²) in [7, 11) is 0.542. The number of hydrogen-bond acceptors (Lipinski definition) is 5. The van der Waals surface area contributed by atoms with Crippen LogP contribution in [0.15, 0.2) is 134 Å². The van der Waals surface area contributed by atoms with Crippen molar-refractivity contribution in [1.29, 1.82) is 0 Å². The average Bonchev–Trinajstić information content (AvgIpc) is 3.69. The molecule has 0 fully saturated rings. The highest BCUT2D eigenvalue weighted by atomic mass is 31.1. The summed E-state index contributed by atoms with van der Waals surface area (Å²) in [6, 6.07) is 39.5. The maximum absolute atomic E-state index is 5.17. The molecule has 8 aromatic rings. The Hall–Kier alpha value is -5.52. The van der Waals surface area contributed by atoms with Crippen molar-refractivity contribution in [3.63, 3.8) is 0 Å². The van der Waals surface area contributed by atoms with E-state index in [-0.39, 0.29) is 5.66 Å². The highest BCUT2D eigenvalue weighted by Gasteiger charge is 2.22. The molecule has 0 radical (unpaired) electrons. The number of rotatable bonds is 7. The third-order valence-electron chi connectivity index (χ3n) is 8.21. The van der Waals surface area contributed by atoms with Gasteiger partial charge in [0.25, 0.3) is 0 Å². The first kappa shape index (κ1) is 28.0. The molecule has 0 saturated carbocycles. The third kappa shape index (κ3) is 5.05. The second-order valence-corrected chi connectivity index (χ2v) is 12.9. The van der Waals surface area contributed by atoms with Gasteiger partial charge in [-0.3, -0.25) is 14.1 Å². The van der Waals surface area contributed by atoms with Gasteiger partial charge in [0, 0.05) is 52.4 Å².